The van der Waals surface area contributed by atoms with Crippen molar-refractivity contribution in [2.45, 2.75) is 12.2 Å². The number of rotatable bonds is 10. The molecule has 0 saturated heterocycles. The summed E-state index contributed by atoms with van der Waals surface area (Å²) in [6.45, 7) is 0. The largest absolute Gasteiger partial charge is 0.373 e. The smallest absolute Gasteiger partial charge is 0.145 e. The molecule has 3 nitrogen and oxygen atoms in total. The summed E-state index contributed by atoms with van der Waals surface area (Å²) in [5.41, 5.74) is 20.5. The maximum absolute atomic E-state index is 5.29. The van der Waals surface area contributed by atoms with E-state index in [0.29, 0.717) is 0 Å². The average Bonchev–Trinajstić information content (AvgIpc) is 3.42. The van der Waals surface area contributed by atoms with Gasteiger partial charge >= 0.3 is 0 Å². The van der Waals surface area contributed by atoms with Gasteiger partial charge in [-0.05, 0) is 90.1 Å². The van der Waals surface area contributed by atoms with Crippen LogP contribution in [0.5, 0.6) is 0 Å². The summed E-state index contributed by atoms with van der Waals surface area (Å²) in [5.74, 6) is 0. The number of dihydropyridines is 1. The lowest BCUT2D eigenvalue weighted by Crippen LogP contribution is -2.27. The number of hydrogen-bond donors (Lipinski definition) is 2. The Morgan fingerprint density at radius 2 is 0.742 bits per heavy atom. The van der Waals surface area contributed by atoms with Gasteiger partial charge in [0.05, 0.1) is 17.5 Å². The summed E-state index contributed by atoms with van der Waals surface area (Å²) in [7, 11) is 0. The fourth-order valence-corrected chi connectivity index (χ4v) is 9.36. The predicted octanol–water partition coefficient (Wildman–Crippen LogP) is 15.0. The Balaban J connectivity index is 1.02. The highest BCUT2D eigenvalue weighted by molar-refractivity contribution is 6.24. The summed E-state index contributed by atoms with van der Waals surface area (Å²) in [6, 6.07) is 91.0. The molecule has 11 rings (SSSR count). The van der Waals surface area contributed by atoms with Crippen LogP contribution in [-0.4, -0.2) is 5.71 Å². The Labute approximate surface area is 387 Å². The van der Waals surface area contributed by atoms with Crippen LogP contribution in [0, 0.1) is 0 Å². The Hall–Kier alpha value is -8.53. The fourth-order valence-electron chi connectivity index (χ4n) is 9.36. The minimum Gasteiger partial charge on any atom is -0.373 e. The molecule has 0 aliphatic carbocycles. The zero-order valence-electron chi connectivity index (χ0n) is 36.4. The first-order valence-electron chi connectivity index (χ1n) is 22.7. The highest BCUT2D eigenvalue weighted by Crippen LogP contribution is 2.50. The predicted molar refractivity (Wildman–Crippen MR) is 276 cm³/mol. The van der Waals surface area contributed by atoms with Crippen molar-refractivity contribution in [2.24, 2.45) is 4.99 Å². The van der Waals surface area contributed by atoms with E-state index in [9.17, 15) is 0 Å². The molecule has 9 aromatic carbocycles. The maximum Gasteiger partial charge on any atom is 0.145 e. The molecular formula is C63H47N3. The topological polar surface area (TPSA) is 36.4 Å². The normalized spacial score (nSPS) is 15.9. The molecule has 2 unspecified atom stereocenters. The SMILES string of the molecule is C1=C(c2ccc(-c3ccccc3)cc2)NC(c2ccccc2)N=C1c1ccc(-c2cccc(C3=C(c4ccccc4)C(c4ccccc4)NC(c4ccccc4)=C3c3ccccc3)c2)cc1. The van der Waals surface area contributed by atoms with Crippen LogP contribution < -0.4 is 10.6 Å². The molecule has 0 spiro atoms. The molecule has 2 aliphatic rings. The van der Waals surface area contributed by atoms with Gasteiger partial charge in [-0.25, -0.2) is 0 Å². The molecule has 314 valence electrons. The van der Waals surface area contributed by atoms with E-state index in [1.54, 1.807) is 0 Å². The second kappa shape index (κ2) is 18.3. The van der Waals surface area contributed by atoms with Crippen molar-refractivity contribution >= 4 is 33.8 Å². The van der Waals surface area contributed by atoms with Crippen molar-refractivity contribution in [3.05, 3.63) is 305 Å². The van der Waals surface area contributed by atoms with Crippen LogP contribution in [0.3, 0.4) is 0 Å². The summed E-state index contributed by atoms with van der Waals surface area (Å²) in [5, 5.41) is 7.84. The first-order chi connectivity index (χ1) is 32.7. The molecule has 0 fully saturated rings. The fraction of sp³-hybridized carbons (Fsp3) is 0.0317. The van der Waals surface area contributed by atoms with Crippen molar-refractivity contribution in [1.82, 2.24) is 10.6 Å². The van der Waals surface area contributed by atoms with E-state index in [1.807, 2.05) is 0 Å². The minimum absolute atomic E-state index is 0.112. The molecule has 2 aliphatic heterocycles. The maximum atomic E-state index is 5.29. The number of allylic oxidation sites excluding steroid dienone is 3. The van der Waals surface area contributed by atoms with Crippen LogP contribution >= 0.6 is 0 Å². The summed E-state index contributed by atoms with van der Waals surface area (Å²) < 4.78 is 0. The molecule has 0 bridgehead atoms. The van der Waals surface area contributed by atoms with E-state index < -0.39 is 0 Å². The molecule has 3 heteroatoms. The van der Waals surface area contributed by atoms with Gasteiger partial charge in [0, 0.05) is 11.3 Å². The molecule has 2 atom stereocenters. The first kappa shape index (κ1) is 40.3. The van der Waals surface area contributed by atoms with E-state index >= 15 is 0 Å². The average molecular weight is 846 g/mol. The third-order valence-electron chi connectivity index (χ3n) is 12.6. The third-order valence-corrected chi connectivity index (χ3v) is 12.6. The highest BCUT2D eigenvalue weighted by Gasteiger charge is 2.33. The van der Waals surface area contributed by atoms with E-state index in [4.69, 9.17) is 4.99 Å². The van der Waals surface area contributed by atoms with Gasteiger partial charge in [0.1, 0.15) is 6.17 Å². The van der Waals surface area contributed by atoms with Crippen LogP contribution in [0.1, 0.15) is 56.7 Å². The third kappa shape index (κ3) is 8.22. The number of nitrogens with one attached hydrogen (secondary N) is 2. The van der Waals surface area contributed by atoms with Gasteiger partial charge in [-0.3, -0.25) is 4.99 Å². The van der Waals surface area contributed by atoms with E-state index in [2.05, 4.69) is 271 Å². The number of benzene rings is 9. The second-order valence-corrected chi connectivity index (χ2v) is 16.8. The van der Waals surface area contributed by atoms with Crippen molar-refractivity contribution in [3.63, 3.8) is 0 Å². The van der Waals surface area contributed by atoms with E-state index in [1.165, 1.54) is 39.0 Å². The quantitative estimate of drug-likeness (QED) is 0.144. The van der Waals surface area contributed by atoms with Gasteiger partial charge in [0.15, 0.2) is 0 Å². The van der Waals surface area contributed by atoms with Crippen LogP contribution in [0.4, 0.5) is 0 Å². The summed E-state index contributed by atoms with van der Waals surface area (Å²) in [6.07, 6.45) is 1.96. The molecule has 66 heavy (non-hydrogen) atoms. The van der Waals surface area contributed by atoms with Crippen LogP contribution in [0.25, 0.3) is 50.4 Å². The highest BCUT2D eigenvalue weighted by atomic mass is 15.1. The number of nitrogens with zero attached hydrogens (tertiary/aromatic N) is 1. The van der Waals surface area contributed by atoms with Crippen LogP contribution in [-0.2, 0) is 0 Å². The molecule has 9 aromatic rings. The molecule has 2 heterocycles. The molecular weight excluding hydrogens is 799 g/mol. The Kier molecular flexibility index (Phi) is 11.2. The van der Waals surface area contributed by atoms with Gasteiger partial charge in [0.2, 0.25) is 0 Å². The van der Waals surface area contributed by atoms with Gasteiger partial charge in [-0.15, -0.1) is 0 Å². The van der Waals surface area contributed by atoms with Crippen LogP contribution in [0.2, 0.25) is 0 Å². The van der Waals surface area contributed by atoms with Crippen molar-refractivity contribution < 1.29 is 0 Å². The van der Waals surface area contributed by atoms with Gasteiger partial charge in [-0.2, -0.15) is 0 Å². The van der Waals surface area contributed by atoms with Crippen molar-refractivity contribution in [3.8, 4) is 22.3 Å². The Morgan fingerprint density at radius 1 is 0.303 bits per heavy atom. The molecule has 0 aromatic heterocycles. The molecule has 2 N–H and O–H groups in total. The van der Waals surface area contributed by atoms with Crippen molar-refractivity contribution in [1.29, 1.82) is 0 Å². The van der Waals surface area contributed by atoms with E-state index in [0.717, 1.165) is 61.6 Å². The standard InChI is InChI=1S/C63H47N3/c1-7-20-44(21-8-1)45-34-38-47(39-35-45)56-43-57(65-63(64-56)53-30-17-6-18-31-53)48-40-36-46(37-41-48)54-32-19-33-55(42-54)58-59(49-22-9-2-10-23-49)61(51-26-13-4-14-27-51)66-62(52-28-15-5-16-29-52)60(58)50-24-11-3-12-25-50/h1-43,61,63-64,66H. The lowest BCUT2D eigenvalue weighted by atomic mass is 9.76. The summed E-state index contributed by atoms with van der Waals surface area (Å²) >= 11 is 0. The van der Waals surface area contributed by atoms with Gasteiger partial charge < -0.3 is 10.6 Å². The zero-order chi connectivity index (χ0) is 44.1. The summed E-state index contributed by atoms with van der Waals surface area (Å²) in [4.78, 5) is 5.29. The number of aliphatic imine (C=N–C) groups is 1. The lowest BCUT2D eigenvalue weighted by molar-refractivity contribution is 0.664. The molecule has 0 saturated carbocycles. The minimum atomic E-state index is -0.226. The molecule has 0 amide bonds. The van der Waals surface area contributed by atoms with Gasteiger partial charge in [0.25, 0.3) is 0 Å². The zero-order valence-corrected chi connectivity index (χ0v) is 36.4. The lowest BCUT2D eigenvalue weighted by Gasteiger charge is -2.36. The van der Waals surface area contributed by atoms with Crippen LogP contribution in [0.15, 0.2) is 266 Å². The van der Waals surface area contributed by atoms with Crippen molar-refractivity contribution in [2.75, 3.05) is 0 Å². The first-order valence-corrected chi connectivity index (χ1v) is 22.7. The monoisotopic (exact) mass is 845 g/mol. The Bertz CT molecular complexity index is 3230. The Morgan fingerprint density at radius 3 is 1.35 bits per heavy atom. The number of hydrogen-bond acceptors (Lipinski definition) is 3. The second-order valence-electron chi connectivity index (χ2n) is 16.8. The van der Waals surface area contributed by atoms with E-state index in [-0.39, 0.29) is 12.2 Å². The molecule has 0 radical (unpaired) electrons. The van der Waals surface area contributed by atoms with Gasteiger partial charge in [-0.1, -0.05) is 249 Å².